The van der Waals surface area contributed by atoms with Crippen LogP contribution in [0.1, 0.15) is 15.9 Å². The molecule has 1 aliphatic heterocycles. The van der Waals surface area contributed by atoms with Crippen LogP contribution in [-0.2, 0) is 17.8 Å². The lowest BCUT2D eigenvalue weighted by atomic mass is 10.1. The molecule has 1 heterocycles. The summed E-state index contributed by atoms with van der Waals surface area (Å²) < 4.78 is 37.3. The Morgan fingerprint density at radius 3 is 2.28 bits per heavy atom. The van der Waals surface area contributed by atoms with Gasteiger partial charge in [-0.1, -0.05) is 0 Å². The maximum Gasteiger partial charge on any atom is 0.341 e. The van der Waals surface area contributed by atoms with Crippen molar-refractivity contribution >= 4 is 106 Å². The topological polar surface area (TPSA) is 80.7 Å². The van der Waals surface area contributed by atoms with Gasteiger partial charge < -0.3 is 4.74 Å². The standard InChI is InChI=1S/C8H2I4O5S/c9-3-1-2-4(6(11)5(3)10)8(12,17-7(2)13)18(14,15)16/h1H,(H,14,15,16). The Hall–Kier alpha value is 1.52. The van der Waals surface area contributed by atoms with E-state index in [2.05, 4.69) is 45.2 Å². The summed E-state index contributed by atoms with van der Waals surface area (Å²) in [6.07, 6.45) is 0. The first kappa shape index (κ1) is 15.9. The van der Waals surface area contributed by atoms with Crippen LogP contribution in [0, 0.1) is 10.7 Å². The molecule has 1 atom stereocenters. The lowest BCUT2D eigenvalue weighted by molar-refractivity contribution is 0.0468. The highest BCUT2D eigenvalue weighted by atomic mass is 127. The number of carbonyl (C=O) groups excluding carboxylic acids is 1. The molecule has 0 fully saturated rings. The Morgan fingerprint density at radius 2 is 1.78 bits per heavy atom. The summed E-state index contributed by atoms with van der Waals surface area (Å²) in [5, 5.41) is 0. The average Bonchev–Trinajstić information content (AvgIpc) is 2.48. The van der Waals surface area contributed by atoms with Crippen molar-refractivity contribution in [1.82, 2.24) is 0 Å². The number of halogens is 4. The molecular weight excluding hydrogens is 716 g/mol. The largest absolute Gasteiger partial charge is 0.422 e. The van der Waals surface area contributed by atoms with E-state index in [1.54, 1.807) is 6.07 Å². The van der Waals surface area contributed by atoms with Crippen molar-refractivity contribution in [1.29, 1.82) is 0 Å². The quantitative estimate of drug-likeness (QED) is 0.159. The predicted octanol–water partition coefficient (Wildman–Crippen LogP) is 3.10. The Balaban J connectivity index is 2.90. The number of hydrogen-bond donors (Lipinski definition) is 1. The van der Waals surface area contributed by atoms with Gasteiger partial charge in [-0.25, -0.2) is 4.79 Å². The lowest BCUT2D eigenvalue weighted by Gasteiger charge is -2.19. The van der Waals surface area contributed by atoms with Crippen molar-refractivity contribution in [3.8, 4) is 0 Å². The highest BCUT2D eigenvalue weighted by Gasteiger charge is 2.55. The van der Waals surface area contributed by atoms with Crippen molar-refractivity contribution in [3.05, 3.63) is 27.9 Å². The molecular formula is C8H2I4O5S. The van der Waals surface area contributed by atoms with Gasteiger partial charge in [-0.2, -0.15) is 8.42 Å². The van der Waals surface area contributed by atoms with Crippen LogP contribution in [-0.4, -0.2) is 18.9 Å². The van der Waals surface area contributed by atoms with Crippen molar-refractivity contribution in [3.63, 3.8) is 0 Å². The van der Waals surface area contributed by atoms with Crippen molar-refractivity contribution in [2.75, 3.05) is 0 Å². The summed E-state index contributed by atoms with van der Waals surface area (Å²) in [6.45, 7) is 0. The fourth-order valence-corrected chi connectivity index (χ4v) is 6.05. The Morgan fingerprint density at radius 1 is 1.22 bits per heavy atom. The van der Waals surface area contributed by atoms with E-state index in [1.807, 2.05) is 22.6 Å². The maximum absolute atomic E-state index is 11.7. The van der Waals surface area contributed by atoms with Gasteiger partial charge in [0.15, 0.2) is 0 Å². The highest BCUT2D eigenvalue weighted by molar-refractivity contribution is 14.1. The Kier molecular flexibility index (Phi) is 4.47. The number of benzene rings is 1. The van der Waals surface area contributed by atoms with Gasteiger partial charge in [-0.3, -0.25) is 4.55 Å². The predicted molar refractivity (Wildman–Crippen MR) is 97.3 cm³/mol. The molecule has 1 aromatic rings. The number of rotatable bonds is 1. The molecule has 10 heteroatoms. The third-order valence-electron chi connectivity index (χ3n) is 2.24. The van der Waals surface area contributed by atoms with Gasteiger partial charge in [-0.15, -0.1) is 0 Å². The van der Waals surface area contributed by atoms with Gasteiger partial charge in [0, 0.05) is 10.7 Å². The van der Waals surface area contributed by atoms with Crippen LogP contribution in [0.5, 0.6) is 0 Å². The summed E-state index contributed by atoms with van der Waals surface area (Å²) in [7, 11) is -4.57. The molecule has 1 aliphatic rings. The molecule has 1 unspecified atom stereocenters. The summed E-state index contributed by atoms with van der Waals surface area (Å²) in [5.74, 6) is -0.746. The van der Waals surface area contributed by atoms with E-state index in [-0.39, 0.29) is 11.1 Å². The molecule has 98 valence electrons. The first-order valence-electron chi connectivity index (χ1n) is 4.17. The third-order valence-corrected chi connectivity index (χ3v) is 10.7. The molecule has 2 rings (SSSR count). The van der Waals surface area contributed by atoms with Crippen LogP contribution in [0.25, 0.3) is 0 Å². The SMILES string of the molecule is O=C1OC(I)(S(=O)(=O)O)c2c1cc(I)c(I)c2I. The monoisotopic (exact) mass is 718 g/mol. The van der Waals surface area contributed by atoms with E-state index < -0.39 is 19.0 Å². The molecule has 0 bridgehead atoms. The normalized spacial score (nSPS) is 22.8. The minimum Gasteiger partial charge on any atom is -0.422 e. The zero-order valence-corrected chi connectivity index (χ0v) is 17.5. The average molecular weight is 718 g/mol. The smallest absolute Gasteiger partial charge is 0.341 e. The molecule has 0 amide bonds. The molecule has 0 aromatic heterocycles. The number of fused-ring (bicyclic) bond motifs is 1. The van der Waals surface area contributed by atoms with Gasteiger partial charge in [0.2, 0.25) is 0 Å². The first-order valence-corrected chi connectivity index (χ1v) is 9.92. The second-order valence-electron chi connectivity index (χ2n) is 3.31. The van der Waals surface area contributed by atoms with E-state index >= 15 is 0 Å². The van der Waals surface area contributed by atoms with Gasteiger partial charge in [0.05, 0.1) is 11.1 Å². The number of ether oxygens (including phenoxy) is 1. The number of esters is 1. The number of carbonyl (C=O) groups is 1. The van der Waals surface area contributed by atoms with Gasteiger partial charge in [-0.05, 0) is 96.4 Å². The van der Waals surface area contributed by atoms with E-state index in [9.17, 15) is 17.8 Å². The van der Waals surface area contributed by atoms with Crippen LogP contribution < -0.4 is 0 Å². The molecule has 0 saturated heterocycles. The lowest BCUT2D eigenvalue weighted by Crippen LogP contribution is -2.29. The number of alkyl halides is 1. The second kappa shape index (κ2) is 5.06. The number of hydrogen-bond acceptors (Lipinski definition) is 4. The number of cyclic esters (lactones) is 1. The van der Waals surface area contributed by atoms with Crippen LogP contribution in [0.4, 0.5) is 0 Å². The first-order chi connectivity index (χ1) is 8.09. The van der Waals surface area contributed by atoms with Crippen LogP contribution >= 0.6 is 90.4 Å². The maximum atomic E-state index is 11.7. The zero-order chi connectivity index (χ0) is 13.9. The van der Waals surface area contributed by atoms with Crippen LogP contribution in [0.2, 0.25) is 0 Å². The van der Waals surface area contributed by atoms with Crippen LogP contribution in [0.15, 0.2) is 6.07 Å². The molecule has 0 radical (unpaired) electrons. The molecule has 0 aliphatic carbocycles. The summed E-state index contributed by atoms with van der Waals surface area (Å²) in [4.78, 5) is 11.7. The summed E-state index contributed by atoms with van der Waals surface area (Å²) in [5.41, 5.74) is 0.372. The minimum absolute atomic E-state index is 0.177. The molecule has 1 N–H and O–H groups in total. The fourth-order valence-electron chi connectivity index (χ4n) is 1.45. The van der Waals surface area contributed by atoms with E-state index in [0.717, 1.165) is 7.14 Å². The highest BCUT2D eigenvalue weighted by Crippen LogP contribution is 2.49. The summed E-state index contributed by atoms with van der Waals surface area (Å²) in [6, 6.07) is 1.56. The van der Waals surface area contributed by atoms with Gasteiger partial charge in [0.25, 0.3) is 0 Å². The van der Waals surface area contributed by atoms with E-state index in [0.29, 0.717) is 3.57 Å². The summed E-state index contributed by atoms with van der Waals surface area (Å²) >= 11 is 7.49. The van der Waals surface area contributed by atoms with Crippen LogP contribution in [0.3, 0.4) is 0 Å². The van der Waals surface area contributed by atoms with Gasteiger partial charge in [0.1, 0.15) is 0 Å². The van der Waals surface area contributed by atoms with Gasteiger partial charge >= 0.3 is 19.0 Å². The Labute approximate surface area is 157 Å². The minimum atomic E-state index is -4.57. The molecule has 0 spiro atoms. The van der Waals surface area contributed by atoms with Crippen molar-refractivity contribution in [2.45, 2.75) is 2.94 Å². The van der Waals surface area contributed by atoms with Crippen molar-refractivity contribution < 1.29 is 22.5 Å². The fraction of sp³-hybridized carbons (Fsp3) is 0.125. The molecule has 5 nitrogen and oxygen atoms in total. The molecule has 0 saturated carbocycles. The van der Waals surface area contributed by atoms with E-state index in [1.165, 1.54) is 22.6 Å². The third kappa shape index (κ3) is 2.31. The van der Waals surface area contributed by atoms with E-state index in [4.69, 9.17) is 4.74 Å². The molecule has 1 aromatic carbocycles. The second-order valence-corrected chi connectivity index (χ2v) is 10.4. The Bertz CT molecular complexity index is 671. The van der Waals surface area contributed by atoms with Crippen molar-refractivity contribution in [2.24, 2.45) is 0 Å². The molecule has 18 heavy (non-hydrogen) atoms. The zero-order valence-electron chi connectivity index (χ0n) is 8.08.